The molecule has 24 heavy (non-hydrogen) atoms. The van der Waals surface area contributed by atoms with Crippen molar-refractivity contribution in [3.8, 4) is 11.6 Å². The van der Waals surface area contributed by atoms with Crippen molar-refractivity contribution in [2.45, 2.75) is 0 Å². The molecule has 3 rings (SSSR count). The van der Waals surface area contributed by atoms with Gasteiger partial charge in [-0.2, -0.15) is 0 Å². The maximum atomic E-state index is 11.3. The number of anilines is 2. The lowest BCUT2D eigenvalue weighted by Gasteiger charge is -2.07. The molecule has 0 aliphatic heterocycles. The Balaban J connectivity index is 1.64. The molecule has 0 atom stereocenters. The Labute approximate surface area is 137 Å². The molecule has 0 spiro atoms. The molecule has 0 aliphatic rings. The summed E-state index contributed by atoms with van der Waals surface area (Å²) < 4.78 is 10.1. The van der Waals surface area contributed by atoms with Gasteiger partial charge in [-0.3, -0.25) is 4.98 Å². The minimum Gasteiger partial charge on any atom is -0.464 e. The first-order valence-electron chi connectivity index (χ1n) is 6.97. The van der Waals surface area contributed by atoms with E-state index in [1.54, 1.807) is 30.6 Å². The maximum Gasteiger partial charge on any atom is 0.358 e. The summed E-state index contributed by atoms with van der Waals surface area (Å²) in [6.45, 7) is 0. The fraction of sp³-hybridized carbons (Fsp3) is 0.0625. The summed E-state index contributed by atoms with van der Waals surface area (Å²) in [7, 11) is 1.29. The monoisotopic (exact) mass is 323 g/mol. The molecule has 0 fully saturated rings. The van der Waals surface area contributed by atoms with Crippen LogP contribution < -0.4 is 10.1 Å². The van der Waals surface area contributed by atoms with Crippen molar-refractivity contribution in [2.24, 2.45) is 0 Å². The molecule has 0 unspecified atom stereocenters. The van der Waals surface area contributed by atoms with Crippen molar-refractivity contribution in [1.29, 1.82) is 0 Å². The first-order chi connectivity index (χ1) is 11.7. The number of esters is 1. The van der Waals surface area contributed by atoms with Crippen molar-refractivity contribution in [1.82, 2.24) is 20.2 Å². The zero-order chi connectivity index (χ0) is 16.8. The standard InChI is InChI=1S/C16H13N5O3/c1-23-16(22)13-6-7-14(21-20-13)19-11-2-4-12(5-3-11)24-15-10-17-8-9-18-15/h2-10H,1H3,(H,19,21). The molecule has 0 bridgehead atoms. The Kier molecular flexibility index (Phi) is 4.57. The van der Waals surface area contributed by atoms with Crippen LogP contribution in [0.25, 0.3) is 0 Å². The van der Waals surface area contributed by atoms with E-state index in [1.807, 2.05) is 12.1 Å². The van der Waals surface area contributed by atoms with Crippen LogP contribution in [0.3, 0.4) is 0 Å². The fourth-order valence-corrected chi connectivity index (χ4v) is 1.83. The summed E-state index contributed by atoms with van der Waals surface area (Å²) in [6, 6.07) is 10.4. The zero-order valence-corrected chi connectivity index (χ0v) is 12.7. The molecular formula is C16H13N5O3. The molecule has 2 heterocycles. The van der Waals surface area contributed by atoms with Crippen molar-refractivity contribution >= 4 is 17.5 Å². The summed E-state index contributed by atoms with van der Waals surface area (Å²) in [5.74, 6) is 1.03. The predicted molar refractivity (Wildman–Crippen MR) is 85.2 cm³/mol. The van der Waals surface area contributed by atoms with Crippen LogP contribution in [0, 0.1) is 0 Å². The highest BCUT2D eigenvalue weighted by Gasteiger charge is 2.07. The molecule has 2 aromatic heterocycles. The van der Waals surface area contributed by atoms with E-state index >= 15 is 0 Å². The SMILES string of the molecule is COC(=O)c1ccc(Nc2ccc(Oc3cnccn3)cc2)nn1. The third-order valence-electron chi connectivity index (χ3n) is 2.95. The first kappa shape index (κ1) is 15.3. The van der Waals surface area contributed by atoms with Crippen molar-refractivity contribution in [2.75, 3.05) is 12.4 Å². The van der Waals surface area contributed by atoms with Crippen LogP contribution in [0.15, 0.2) is 55.0 Å². The number of carbonyl (C=O) groups is 1. The minimum absolute atomic E-state index is 0.149. The molecule has 3 aromatic rings. The summed E-state index contributed by atoms with van der Waals surface area (Å²) in [5.41, 5.74) is 0.942. The molecule has 0 aliphatic carbocycles. The lowest BCUT2D eigenvalue weighted by Crippen LogP contribution is -2.06. The lowest BCUT2D eigenvalue weighted by atomic mass is 10.3. The Morgan fingerprint density at radius 1 is 1.04 bits per heavy atom. The van der Waals surface area contributed by atoms with Crippen LogP contribution in [0.1, 0.15) is 10.5 Å². The average Bonchev–Trinajstić information content (AvgIpc) is 2.64. The third-order valence-corrected chi connectivity index (χ3v) is 2.95. The number of methoxy groups -OCH3 is 1. The normalized spacial score (nSPS) is 10.0. The number of nitrogens with one attached hydrogen (secondary N) is 1. The Morgan fingerprint density at radius 3 is 2.50 bits per heavy atom. The van der Waals surface area contributed by atoms with Crippen molar-refractivity contribution < 1.29 is 14.3 Å². The molecule has 1 N–H and O–H groups in total. The highest BCUT2D eigenvalue weighted by atomic mass is 16.5. The van der Waals surface area contributed by atoms with Crippen molar-refractivity contribution in [3.63, 3.8) is 0 Å². The van der Waals surface area contributed by atoms with Gasteiger partial charge in [0.05, 0.1) is 13.3 Å². The zero-order valence-electron chi connectivity index (χ0n) is 12.7. The average molecular weight is 323 g/mol. The van der Waals surface area contributed by atoms with Gasteiger partial charge in [0.15, 0.2) is 11.5 Å². The van der Waals surface area contributed by atoms with Crippen LogP contribution in [0.4, 0.5) is 11.5 Å². The van der Waals surface area contributed by atoms with Gasteiger partial charge in [-0.25, -0.2) is 9.78 Å². The number of ether oxygens (including phenoxy) is 2. The number of carbonyl (C=O) groups excluding carboxylic acids is 1. The van der Waals surface area contributed by atoms with Gasteiger partial charge in [-0.05, 0) is 36.4 Å². The Bertz CT molecular complexity index is 807. The number of benzene rings is 1. The summed E-state index contributed by atoms with van der Waals surface area (Å²) in [4.78, 5) is 19.3. The number of hydrogen-bond acceptors (Lipinski definition) is 8. The molecular weight excluding hydrogens is 310 g/mol. The molecule has 0 amide bonds. The second kappa shape index (κ2) is 7.14. The Hall–Kier alpha value is -3.55. The van der Waals surface area contributed by atoms with Crippen molar-refractivity contribution in [3.05, 3.63) is 60.7 Å². The van der Waals surface area contributed by atoms with E-state index in [-0.39, 0.29) is 5.69 Å². The predicted octanol–water partition coefficient (Wildman–Crippen LogP) is 2.59. The first-order valence-corrected chi connectivity index (χ1v) is 6.97. The largest absolute Gasteiger partial charge is 0.464 e. The van der Waals surface area contributed by atoms with Gasteiger partial charge in [0.1, 0.15) is 5.75 Å². The highest BCUT2D eigenvalue weighted by molar-refractivity contribution is 5.87. The van der Waals surface area contributed by atoms with Crippen LogP contribution in [0.5, 0.6) is 11.6 Å². The molecule has 120 valence electrons. The molecule has 8 heteroatoms. The topological polar surface area (TPSA) is 99.1 Å². The third kappa shape index (κ3) is 3.80. The number of aromatic nitrogens is 4. The molecule has 8 nitrogen and oxygen atoms in total. The second-order valence-electron chi connectivity index (χ2n) is 4.59. The number of nitrogens with zero attached hydrogens (tertiary/aromatic N) is 4. The van der Waals surface area contributed by atoms with Gasteiger partial charge in [0.2, 0.25) is 5.88 Å². The highest BCUT2D eigenvalue weighted by Crippen LogP contribution is 2.22. The minimum atomic E-state index is -0.528. The summed E-state index contributed by atoms with van der Waals surface area (Å²) >= 11 is 0. The van der Waals surface area contributed by atoms with Crippen LogP contribution in [-0.4, -0.2) is 33.2 Å². The van der Waals surface area contributed by atoms with E-state index in [4.69, 9.17) is 4.74 Å². The van der Waals surface area contributed by atoms with Crippen LogP contribution >= 0.6 is 0 Å². The van der Waals surface area contributed by atoms with Gasteiger partial charge in [-0.15, -0.1) is 10.2 Å². The number of rotatable bonds is 5. The van der Waals surface area contributed by atoms with Gasteiger partial charge in [0, 0.05) is 18.1 Å². The number of hydrogen-bond donors (Lipinski definition) is 1. The van der Waals surface area contributed by atoms with E-state index in [0.29, 0.717) is 17.4 Å². The fourth-order valence-electron chi connectivity index (χ4n) is 1.83. The smallest absolute Gasteiger partial charge is 0.358 e. The van der Waals surface area contributed by atoms with Crippen LogP contribution in [-0.2, 0) is 4.74 Å². The van der Waals surface area contributed by atoms with Gasteiger partial charge < -0.3 is 14.8 Å². The Morgan fingerprint density at radius 2 is 1.88 bits per heavy atom. The summed E-state index contributed by atoms with van der Waals surface area (Å²) in [5, 5.41) is 10.8. The van der Waals surface area contributed by atoms with Gasteiger partial charge >= 0.3 is 5.97 Å². The molecule has 1 aromatic carbocycles. The van der Waals surface area contributed by atoms with Gasteiger partial charge in [0.25, 0.3) is 0 Å². The molecule has 0 radical (unpaired) electrons. The van der Waals surface area contributed by atoms with E-state index < -0.39 is 5.97 Å². The second-order valence-corrected chi connectivity index (χ2v) is 4.59. The molecule has 0 saturated heterocycles. The van der Waals surface area contributed by atoms with Gasteiger partial charge in [-0.1, -0.05) is 0 Å². The summed E-state index contributed by atoms with van der Waals surface area (Å²) in [6.07, 6.45) is 4.67. The van der Waals surface area contributed by atoms with E-state index in [0.717, 1.165) is 5.69 Å². The molecule has 0 saturated carbocycles. The van der Waals surface area contributed by atoms with Crippen LogP contribution in [0.2, 0.25) is 0 Å². The maximum absolute atomic E-state index is 11.3. The van der Waals surface area contributed by atoms with E-state index in [9.17, 15) is 4.79 Å². The van der Waals surface area contributed by atoms with E-state index in [2.05, 4.69) is 30.2 Å². The lowest BCUT2D eigenvalue weighted by molar-refractivity contribution is 0.0593. The van der Waals surface area contributed by atoms with E-state index in [1.165, 1.54) is 19.4 Å². The quantitative estimate of drug-likeness (QED) is 0.715.